The lowest BCUT2D eigenvalue weighted by Gasteiger charge is -2.22. The fourth-order valence-corrected chi connectivity index (χ4v) is 1.56. The fraction of sp³-hybridized carbons (Fsp3) is 0.867. The number of ether oxygens (including phenoxy) is 2. The molecule has 1 heterocycles. The minimum Gasteiger partial charge on any atom is -0.379 e. The van der Waals surface area contributed by atoms with Crippen LogP contribution in [0.1, 0.15) is 46.7 Å². The summed E-state index contributed by atoms with van der Waals surface area (Å²) in [5.41, 5.74) is 0.908. The van der Waals surface area contributed by atoms with E-state index in [0.29, 0.717) is 13.2 Å². The minimum atomic E-state index is -0.126. The monoisotopic (exact) mass is 298 g/mol. The quantitative estimate of drug-likeness (QED) is 0.707. The van der Waals surface area contributed by atoms with Crippen molar-refractivity contribution in [2.75, 3.05) is 20.3 Å². The molecule has 0 saturated carbocycles. The molecule has 0 fully saturated rings. The van der Waals surface area contributed by atoms with Crippen molar-refractivity contribution < 1.29 is 9.47 Å². The summed E-state index contributed by atoms with van der Waals surface area (Å²) in [6, 6.07) is 0. The van der Waals surface area contributed by atoms with Gasteiger partial charge in [-0.3, -0.25) is 0 Å². The molecule has 1 aromatic heterocycles. The van der Waals surface area contributed by atoms with Crippen LogP contribution in [0, 0.1) is 0 Å². The van der Waals surface area contributed by atoms with E-state index in [1.54, 1.807) is 7.11 Å². The van der Waals surface area contributed by atoms with E-state index in [9.17, 15) is 0 Å². The van der Waals surface area contributed by atoms with Crippen LogP contribution >= 0.6 is 0 Å². The molecule has 0 aromatic carbocycles. The predicted molar refractivity (Wildman–Crippen MR) is 83.1 cm³/mol. The highest BCUT2D eigenvalue weighted by molar-refractivity contribution is 4.92. The van der Waals surface area contributed by atoms with Gasteiger partial charge in [-0.15, -0.1) is 5.10 Å². The van der Waals surface area contributed by atoms with Crippen LogP contribution in [0.25, 0.3) is 0 Å². The van der Waals surface area contributed by atoms with E-state index in [0.717, 1.165) is 25.2 Å². The Bertz CT molecular complexity index is 410. The van der Waals surface area contributed by atoms with E-state index in [-0.39, 0.29) is 11.1 Å². The number of aromatic nitrogens is 3. The number of nitrogens with one attached hydrogen (secondary N) is 1. The summed E-state index contributed by atoms with van der Waals surface area (Å²) in [6.07, 6.45) is 2.84. The lowest BCUT2D eigenvalue weighted by molar-refractivity contribution is -0.0108. The van der Waals surface area contributed by atoms with Crippen LogP contribution in [0.3, 0.4) is 0 Å². The highest BCUT2D eigenvalue weighted by Crippen LogP contribution is 2.12. The summed E-state index contributed by atoms with van der Waals surface area (Å²) in [4.78, 5) is 0. The Balaban J connectivity index is 2.20. The molecule has 0 bridgehead atoms. The number of nitrogens with zero attached hydrogens (tertiary/aromatic N) is 3. The standard InChI is InChI=1S/C15H30N4O2/c1-14(2,3)16-11-13-12-19(18-17-13)8-10-21-9-7-15(4,5)20-6/h12,16H,7-11H2,1-6H3. The molecule has 1 rings (SSSR count). The van der Waals surface area contributed by atoms with Gasteiger partial charge in [0.25, 0.3) is 0 Å². The zero-order chi connectivity index (χ0) is 15.9. The van der Waals surface area contributed by atoms with E-state index < -0.39 is 0 Å². The van der Waals surface area contributed by atoms with Gasteiger partial charge in [-0.05, 0) is 41.0 Å². The van der Waals surface area contributed by atoms with Gasteiger partial charge in [0.15, 0.2) is 0 Å². The molecule has 0 aliphatic carbocycles. The summed E-state index contributed by atoms with van der Waals surface area (Å²) in [5.74, 6) is 0. The van der Waals surface area contributed by atoms with Crippen molar-refractivity contribution in [2.24, 2.45) is 0 Å². The van der Waals surface area contributed by atoms with Crippen molar-refractivity contribution in [3.8, 4) is 0 Å². The van der Waals surface area contributed by atoms with Gasteiger partial charge >= 0.3 is 0 Å². The molecule has 1 N–H and O–H groups in total. The maximum Gasteiger partial charge on any atom is 0.0965 e. The second-order valence-corrected chi connectivity index (χ2v) is 6.90. The van der Waals surface area contributed by atoms with Gasteiger partial charge < -0.3 is 14.8 Å². The summed E-state index contributed by atoms with van der Waals surface area (Å²) in [6.45, 7) is 13.3. The number of hydrogen-bond donors (Lipinski definition) is 1. The van der Waals surface area contributed by atoms with Gasteiger partial charge in [-0.2, -0.15) is 0 Å². The summed E-state index contributed by atoms with van der Waals surface area (Å²) in [7, 11) is 1.72. The zero-order valence-electron chi connectivity index (χ0n) is 14.3. The van der Waals surface area contributed by atoms with Crippen molar-refractivity contribution in [3.63, 3.8) is 0 Å². The number of hydrogen-bond acceptors (Lipinski definition) is 5. The molecule has 0 radical (unpaired) electrons. The topological polar surface area (TPSA) is 61.2 Å². The Morgan fingerprint density at radius 3 is 2.52 bits per heavy atom. The summed E-state index contributed by atoms with van der Waals surface area (Å²) >= 11 is 0. The van der Waals surface area contributed by atoms with E-state index in [1.807, 2.05) is 10.9 Å². The molecule has 0 spiro atoms. The molecular weight excluding hydrogens is 268 g/mol. The minimum absolute atomic E-state index is 0.0844. The third kappa shape index (κ3) is 8.14. The van der Waals surface area contributed by atoms with Gasteiger partial charge in [0.05, 0.1) is 24.4 Å². The van der Waals surface area contributed by atoms with Gasteiger partial charge in [0.1, 0.15) is 0 Å². The molecule has 6 heteroatoms. The van der Waals surface area contributed by atoms with Crippen LogP contribution in [-0.4, -0.2) is 46.5 Å². The highest BCUT2D eigenvalue weighted by Gasteiger charge is 2.15. The Hall–Kier alpha value is -0.980. The van der Waals surface area contributed by atoms with E-state index in [1.165, 1.54) is 0 Å². The van der Waals surface area contributed by atoms with Crippen LogP contribution in [0.15, 0.2) is 6.20 Å². The first-order valence-corrected chi connectivity index (χ1v) is 7.49. The van der Waals surface area contributed by atoms with Crippen LogP contribution in [0.2, 0.25) is 0 Å². The van der Waals surface area contributed by atoms with Gasteiger partial charge in [0.2, 0.25) is 0 Å². The maximum atomic E-state index is 5.61. The smallest absolute Gasteiger partial charge is 0.0965 e. The summed E-state index contributed by atoms with van der Waals surface area (Å²) in [5, 5.41) is 11.6. The average Bonchev–Trinajstić information content (AvgIpc) is 2.83. The van der Waals surface area contributed by atoms with Crippen molar-refractivity contribution >= 4 is 0 Å². The highest BCUT2D eigenvalue weighted by atomic mass is 16.5. The van der Waals surface area contributed by atoms with E-state index in [2.05, 4.69) is 50.2 Å². The molecule has 21 heavy (non-hydrogen) atoms. The van der Waals surface area contributed by atoms with E-state index in [4.69, 9.17) is 9.47 Å². The predicted octanol–water partition coefficient (Wildman–Crippen LogP) is 2.00. The van der Waals surface area contributed by atoms with Crippen LogP contribution in [0.4, 0.5) is 0 Å². The Morgan fingerprint density at radius 2 is 1.90 bits per heavy atom. The molecule has 0 aliphatic heterocycles. The third-order valence-corrected chi connectivity index (χ3v) is 3.25. The third-order valence-electron chi connectivity index (χ3n) is 3.25. The van der Waals surface area contributed by atoms with Gasteiger partial charge in [0, 0.05) is 32.0 Å². The van der Waals surface area contributed by atoms with Crippen molar-refractivity contribution in [1.82, 2.24) is 20.3 Å². The number of methoxy groups -OCH3 is 1. The Kier molecular flexibility index (Phi) is 6.77. The first-order chi connectivity index (χ1) is 9.72. The Morgan fingerprint density at radius 1 is 1.19 bits per heavy atom. The maximum absolute atomic E-state index is 5.61. The second kappa shape index (κ2) is 7.87. The van der Waals surface area contributed by atoms with Crippen molar-refractivity contribution in [1.29, 1.82) is 0 Å². The second-order valence-electron chi connectivity index (χ2n) is 6.90. The number of rotatable bonds is 9. The van der Waals surface area contributed by atoms with Gasteiger partial charge in [-0.25, -0.2) is 4.68 Å². The largest absolute Gasteiger partial charge is 0.379 e. The lowest BCUT2D eigenvalue weighted by Crippen LogP contribution is -2.35. The molecule has 0 aliphatic rings. The Labute approximate surface area is 128 Å². The molecular formula is C15H30N4O2. The summed E-state index contributed by atoms with van der Waals surface area (Å²) < 4.78 is 12.8. The first kappa shape index (κ1) is 18.1. The SMILES string of the molecule is COC(C)(C)CCOCCn1cc(CNC(C)(C)C)nn1. The van der Waals surface area contributed by atoms with Crippen molar-refractivity contribution in [3.05, 3.63) is 11.9 Å². The lowest BCUT2D eigenvalue weighted by atomic mass is 10.1. The normalized spacial score (nSPS) is 12.9. The van der Waals surface area contributed by atoms with Crippen LogP contribution in [0.5, 0.6) is 0 Å². The molecule has 0 amide bonds. The van der Waals surface area contributed by atoms with Crippen molar-refractivity contribution in [2.45, 2.75) is 65.3 Å². The average molecular weight is 298 g/mol. The molecule has 0 unspecified atom stereocenters. The first-order valence-electron chi connectivity index (χ1n) is 7.49. The molecule has 0 saturated heterocycles. The molecule has 122 valence electrons. The van der Waals surface area contributed by atoms with E-state index >= 15 is 0 Å². The fourth-order valence-electron chi connectivity index (χ4n) is 1.56. The van der Waals surface area contributed by atoms with Crippen LogP contribution < -0.4 is 5.32 Å². The van der Waals surface area contributed by atoms with Crippen LogP contribution in [-0.2, 0) is 22.6 Å². The zero-order valence-corrected chi connectivity index (χ0v) is 14.3. The molecule has 1 aromatic rings. The molecule has 0 atom stereocenters. The van der Waals surface area contributed by atoms with Gasteiger partial charge in [-0.1, -0.05) is 5.21 Å². The molecule has 6 nitrogen and oxygen atoms in total.